The third kappa shape index (κ3) is 7.61. The summed E-state index contributed by atoms with van der Waals surface area (Å²) in [6.45, 7) is 0. The van der Waals surface area contributed by atoms with Crippen LogP contribution in [0, 0.1) is 0 Å². The topological polar surface area (TPSA) is 83.5 Å². The number of hydrogen-bond acceptors (Lipinski definition) is 3. The van der Waals surface area contributed by atoms with Gasteiger partial charge in [0.25, 0.3) is 0 Å². The van der Waals surface area contributed by atoms with Gasteiger partial charge in [0.05, 0.1) is 0 Å². The van der Waals surface area contributed by atoms with Gasteiger partial charge in [-0.15, -0.1) is 0 Å². The summed E-state index contributed by atoms with van der Waals surface area (Å²) in [5.74, 6) is -0.0577. The second-order valence-electron chi connectivity index (χ2n) is 6.06. The Bertz CT molecular complexity index is 761. The first-order valence-corrected chi connectivity index (χ1v) is 10.0. The molecule has 0 aliphatic carbocycles. The molecule has 2 aromatic carbocycles. The van der Waals surface area contributed by atoms with Gasteiger partial charge >= 0.3 is 5.97 Å². The van der Waals surface area contributed by atoms with E-state index in [1.807, 2.05) is 48.5 Å². The van der Waals surface area contributed by atoms with Crippen LogP contribution in [0.5, 0.6) is 0 Å². The highest BCUT2D eigenvalue weighted by Crippen LogP contribution is 2.15. The van der Waals surface area contributed by atoms with Crippen molar-refractivity contribution in [1.29, 1.82) is 0 Å². The number of amides is 1. The fourth-order valence-corrected chi connectivity index (χ4v) is 3.74. The first-order valence-electron chi connectivity index (χ1n) is 8.52. The van der Waals surface area contributed by atoms with E-state index in [-0.39, 0.29) is 18.7 Å². The smallest absolute Gasteiger partial charge is 0.303 e. The first kappa shape index (κ1) is 19.8. The van der Waals surface area contributed by atoms with E-state index in [0.717, 1.165) is 11.1 Å². The lowest BCUT2D eigenvalue weighted by Crippen LogP contribution is -2.11. The molecule has 0 aliphatic heterocycles. The third-order valence-electron chi connectivity index (χ3n) is 3.75. The summed E-state index contributed by atoms with van der Waals surface area (Å²) in [6, 6.07) is 17.0. The van der Waals surface area contributed by atoms with Crippen molar-refractivity contribution in [2.24, 2.45) is 0 Å². The molecule has 0 fully saturated rings. The van der Waals surface area contributed by atoms with E-state index in [9.17, 15) is 13.8 Å². The molecule has 0 saturated carbocycles. The van der Waals surface area contributed by atoms with Crippen LogP contribution in [0.4, 0.5) is 5.69 Å². The Morgan fingerprint density at radius 2 is 1.54 bits per heavy atom. The van der Waals surface area contributed by atoms with Gasteiger partial charge < -0.3 is 10.4 Å². The molecule has 5 nitrogen and oxygen atoms in total. The second-order valence-corrected chi connectivity index (χ2v) is 7.52. The zero-order valence-electron chi connectivity index (χ0n) is 14.5. The predicted molar refractivity (Wildman–Crippen MR) is 103 cm³/mol. The van der Waals surface area contributed by atoms with Crippen molar-refractivity contribution < 1.29 is 18.9 Å². The number of carbonyl (C=O) groups excluding carboxylic acids is 1. The van der Waals surface area contributed by atoms with Crippen molar-refractivity contribution in [2.45, 2.75) is 37.2 Å². The van der Waals surface area contributed by atoms with E-state index >= 15 is 0 Å². The lowest BCUT2D eigenvalue weighted by atomic mass is 10.2. The Morgan fingerprint density at radius 3 is 2.27 bits per heavy atom. The molecule has 1 unspecified atom stereocenters. The monoisotopic (exact) mass is 373 g/mol. The summed E-state index contributed by atoms with van der Waals surface area (Å²) >= 11 is 0. The number of carboxylic acids is 1. The normalized spacial score (nSPS) is 11.7. The summed E-state index contributed by atoms with van der Waals surface area (Å²) < 4.78 is 12.3. The van der Waals surface area contributed by atoms with E-state index in [1.54, 1.807) is 6.07 Å². The van der Waals surface area contributed by atoms with Crippen molar-refractivity contribution >= 4 is 28.4 Å². The summed E-state index contributed by atoms with van der Waals surface area (Å²) in [5, 5.41) is 11.4. The van der Waals surface area contributed by atoms with Crippen molar-refractivity contribution in [1.82, 2.24) is 0 Å². The quantitative estimate of drug-likeness (QED) is 0.622. The van der Waals surface area contributed by atoms with Crippen LogP contribution in [0.15, 0.2) is 54.6 Å². The maximum Gasteiger partial charge on any atom is 0.303 e. The summed E-state index contributed by atoms with van der Waals surface area (Å²) in [6.07, 6.45) is 1.40. The molecule has 1 atom stereocenters. The van der Waals surface area contributed by atoms with E-state index < -0.39 is 16.8 Å². The van der Waals surface area contributed by atoms with Crippen LogP contribution in [-0.4, -0.2) is 21.2 Å². The molecule has 0 aromatic heterocycles. The predicted octanol–water partition coefficient (Wildman–Crippen LogP) is 3.72. The number of hydrogen-bond donors (Lipinski definition) is 2. The van der Waals surface area contributed by atoms with Gasteiger partial charge in [0, 0.05) is 40.8 Å². The maximum atomic E-state index is 12.3. The number of rotatable bonds is 10. The number of anilines is 1. The highest BCUT2D eigenvalue weighted by atomic mass is 32.2. The minimum atomic E-state index is -1.02. The van der Waals surface area contributed by atoms with Crippen molar-refractivity contribution in [3.8, 4) is 0 Å². The van der Waals surface area contributed by atoms with Gasteiger partial charge in [-0.3, -0.25) is 13.8 Å². The van der Waals surface area contributed by atoms with Crippen LogP contribution < -0.4 is 5.32 Å². The van der Waals surface area contributed by atoms with Gasteiger partial charge in [-0.25, -0.2) is 0 Å². The lowest BCUT2D eigenvalue weighted by molar-refractivity contribution is -0.137. The zero-order valence-corrected chi connectivity index (χ0v) is 15.3. The van der Waals surface area contributed by atoms with Gasteiger partial charge in [-0.2, -0.15) is 0 Å². The molecule has 1 amide bonds. The Kier molecular flexibility index (Phi) is 8.02. The average molecular weight is 373 g/mol. The molecule has 138 valence electrons. The largest absolute Gasteiger partial charge is 0.481 e. The molecule has 0 radical (unpaired) electrons. The molecule has 26 heavy (non-hydrogen) atoms. The van der Waals surface area contributed by atoms with Gasteiger partial charge in [0.1, 0.15) is 0 Å². The SMILES string of the molecule is O=C(O)CCCCC(=O)Nc1cccc(CS(=O)Cc2ccccc2)c1. The van der Waals surface area contributed by atoms with Crippen LogP contribution in [0.1, 0.15) is 36.8 Å². The highest BCUT2D eigenvalue weighted by molar-refractivity contribution is 7.83. The maximum absolute atomic E-state index is 12.3. The van der Waals surface area contributed by atoms with Crippen molar-refractivity contribution in [3.63, 3.8) is 0 Å². The zero-order chi connectivity index (χ0) is 18.8. The fourth-order valence-electron chi connectivity index (χ4n) is 2.52. The van der Waals surface area contributed by atoms with Crippen LogP contribution >= 0.6 is 0 Å². The molecule has 0 bridgehead atoms. The minimum Gasteiger partial charge on any atom is -0.481 e. The molecular formula is C20H23NO4S. The molecule has 0 spiro atoms. The van der Waals surface area contributed by atoms with E-state index in [4.69, 9.17) is 5.11 Å². The first-order chi connectivity index (χ1) is 12.5. The van der Waals surface area contributed by atoms with Crippen molar-refractivity contribution in [2.75, 3.05) is 5.32 Å². The van der Waals surface area contributed by atoms with Crippen LogP contribution in [0.2, 0.25) is 0 Å². The fraction of sp³-hybridized carbons (Fsp3) is 0.300. The Morgan fingerprint density at radius 1 is 0.885 bits per heavy atom. The third-order valence-corrected chi connectivity index (χ3v) is 5.06. The van der Waals surface area contributed by atoms with Gasteiger partial charge in [0.15, 0.2) is 0 Å². The molecule has 0 saturated heterocycles. The second kappa shape index (κ2) is 10.5. The number of carbonyl (C=O) groups is 2. The summed E-state index contributed by atoms with van der Waals surface area (Å²) in [5.41, 5.74) is 2.61. The molecule has 2 N–H and O–H groups in total. The minimum absolute atomic E-state index is 0.0794. The van der Waals surface area contributed by atoms with Crippen molar-refractivity contribution in [3.05, 3.63) is 65.7 Å². The molecule has 0 heterocycles. The van der Waals surface area contributed by atoms with Crippen LogP contribution in [0.25, 0.3) is 0 Å². The highest BCUT2D eigenvalue weighted by Gasteiger charge is 2.07. The van der Waals surface area contributed by atoms with Gasteiger partial charge in [0.2, 0.25) is 5.91 Å². The Labute approximate surface area is 155 Å². The number of aliphatic carboxylic acids is 1. The number of unbranched alkanes of at least 4 members (excludes halogenated alkanes) is 1. The molecule has 6 heteroatoms. The Balaban J connectivity index is 1.82. The summed E-state index contributed by atoms with van der Waals surface area (Å²) in [7, 11) is -1.02. The van der Waals surface area contributed by atoms with Gasteiger partial charge in [-0.05, 0) is 36.1 Å². The van der Waals surface area contributed by atoms with E-state index in [2.05, 4.69) is 5.32 Å². The number of nitrogens with one attached hydrogen (secondary N) is 1. The molecule has 2 rings (SSSR count). The molecule has 0 aliphatic rings. The Hall–Kier alpha value is -2.47. The van der Waals surface area contributed by atoms with Crippen LogP contribution in [0.3, 0.4) is 0 Å². The van der Waals surface area contributed by atoms with Crippen LogP contribution in [-0.2, 0) is 31.9 Å². The number of carboxylic acid groups (broad SMARTS) is 1. The standard InChI is InChI=1S/C20H23NO4S/c22-19(11-4-5-12-20(23)24)21-18-10-6-9-17(13-18)15-26(25)14-16-7-2-1-3-8-16/h1-3,6-10,13H,4-5,11-12,14-15H2,(H,21,22)(H,23,24). The van der Waals surface area contributed by atoms with E-state index in [0.29, 0.717) is 30.0 Å². The number of benzene rings is 2. The molecular weight excluding hydrogens is 350 g/mol. The molecule has 2 aromatic rings. The average Bonchev–Trinajstić information content (AvgIpc) is 2.59. The summed E-state index contributed by atoms with van der Waals surface area (Å²) in [4.78, 5) is 22.4. The van der Waals surface area contributed by atoms with Gasteiger partial charge in [-0.1, -0.05) is 42.5 Å². The lowest BCUT2D eigenvalue weighted by Gasteiger charge is -2.08. The van der Waals surface area contributed by atoms with E-state index in [1.165, 1.54) is 0 Å².